The van der Waals surface area contributed by atoms with Crippen molar-refractivity contribution >= 4 is 23.2 Å². The molecular weight excluding hydrogens is 254 g/mol. The Hall–Kier alpha value is -2.49. The third-order valence-electron chi connectivity index (χ3n) is 2.44. The Morgan fingerprint density at radius 1 is 1.58 bits per heavy atom. The molecule has 0 saturated heterocycles. The molecule has 10 heteroatoms. The van der Waals surface area contributed by atoms with Crippen LogP contribution in [0.4, 0.5) is 17.3 Å². The van der Waals surface area contributed by atoms with Crippen molar-refractivity contribution in [1.29, 1.82) is 0 Å². The van der Waals surface area contributed by atoms with Gasteiger partial charge in [0.15, 0.2) is 0 Å². The molecule has 4 N–H and O–H groups in total. The molecule has 0 aromatic carbocycles. The summed E-state index contributed by atoms with van der Waals surface area (Å²) in [6, 6.07) is 0. The molecule has 0 aliphatic rings. The van der Waals surface area contributed by atoms with Crippen molar-refractivity contribution in [2.45, 2.75) is 6.42 Å². The molecule has 10 nitrogen and oxygen atoms in total. The maximum atomic E-state index is 11.2. The molecule has 0 saturated carbocycles. The van der Waals surface area contributed by atoms with Gasteiger partial charge in [-0.3, -0.25) is 14.9 Å². The number of hydrogen-bond donors (Lipinski definition) is 3. The smallest absolute Gasteiger partial charge is 0.354 e. The fourth-order valence-corrected chi connectivity index (χ4v) is 1.42. The first-order valence-corrected chi connectivity index (χ1v) is 5.39. The van der Waals surface area contributed by atoms with Gasteiger partial charge in [-0.05, 0) is 0 Å². The summed E-state index contributed by atoms with van der Waals surface area (Å²) in [7, 11) is 3.12. The lowest BCUT2D eigenvalue weighted by Crippen LogP contribution is -2.27. The van der Waals surface area contributed by atoms with Gasteiger partial charge in [-0.2, -0.15) is 0 Å². The number of nitrogen functional groups attached to an aromatic ring is 1. The Morgan fingerprint density at radius 2 is 2.26 bits per heavy atom. The first-order chi connectivity index (χ1) is 9.01. The van der Waals surface area contributed by atoms with Crippen molar-refractivity contribution in [2.24, 2.45) is 5.84 Å². The molecule has 0 atom stereocenters. The van der Waals surface area contributed by atoms with Crippen molar-refractivity contribution < 1.29 is 9.72 Å². The number of nitro groups is 1. The summed E-state index contributed by atoms with van der Waals surface area (Å²) >= 11 is 0. The molecule has 0 radical (unpaired) electrons. The fourth-order valence-electron chi connectivity index (χ4n) is 1.42. The van der Waals surface area contributed by atoms with Gasteiger partial charge in [0.1, 0.15) is 6.33 Å². The molecule has 0 aliphatic heterocycles. The molecule has 0 unspecified atom stereocenters. The van der Waals surface area contributed by atoms with E-state index in [9.17, 15) is 14.9 Å². The molecule has 1 heterocycles. The zero-order chi connectivity index (χ0) is 14.4. The third kappa shape index (κ3) is 3.48. The molecule has 1 aromatic heterocycles. The van der Waals surface area contributed by atoms with Gasteiger partial charge in [-0.1, -0.05) is 0 Å². The number of aromatic nitrogens is 2. The second-order valence-electron chi connectivity index (χ2n) is 3.64. The summed E-state index contributed by atoms with van der Waals surface area (Å²) in [5.41, 5.74) is 1.82. The molecule has 0 bridgehead atoms. The summed E-state index contributed by atoms with van der Waals surface area (Å²) in [4.78, 5) is 30.6. The average molecular weight is 269 g/mol. The van der Waals surface area contributed by atoms with Crippen LogP contribution >= 0.6 is 0 Å². The molecule has 0 spiro atoms. The van der Waals surface area contributed by atoms with Crippen LogP contribution in [0.3, 0.4) is 0 Å². The normalized spacial score (nSPS) is 9.84. The number of anilines is 2. The number of hydrazine groups is 1. The molecule has 0 fully saturated rings. The lowest BCUT2D eigenvalue weighted by molar-refractivity contribution is -0.383. The Balaban J connectivity index is 2.99. The van der Waals surface area contributed by atoms with Gasteiger partial charge < -0.3 is 15.6 Å². The maximum absolute atomic E-state index is 11.2. The lowest BCUT2D eigenvalue weighted by atomic mass is 10.3. The number of nitrogens with two attached hydrogens (primary N) is 1. The first kappa shape index (κ1) is 14.6. The monoisotopic (exact) mass is 269 g/mol. The minimum atomic E-state index is -0.624. The van der Waals surface area contributed by atoms with Crippen LogP contribution in [-0.2, 0) is 4.79 Å². The zero-order valence-corrected chi connectivity index (χ0v) is 10.6. The van der Waals surface area contributed by atoms with Crippen LogP contribution in [-0.4, -0.2) is 41.4 Å². The number of nitrogens with zero attached hydrogens (tertiary/aromatic N) is 4. The number of carbonyl (C=O) groups excluding carboxylic acids is 1. The van der Waals surface area contributed by atoms with E-state index in [4.69, 9.17) is 5.84 Å². The van der Waals surface area contributed by atoms with Crippen LogP contribution in [0.15, 0.2) is 6.33 Å². The van der Waals surface area contributed by atoms with Crippen molar-refractivity contribution in [1.82, 2.24) is 15.3 Å². The van der Waals surface area contributed by atoms with Gasteiger partial charge in [0.2, 0.25) is 17.5 Å². The number of amides is 1. The van der Waals surface area contributed by atoms with Crippen LogP contribution in [0.1, 0.15) is 6.42 Å². The molecule has 0 aliphatic carbocycles. The standard InChI is InChI=1S/C9H15N7O3/c1-11-6(17)3-4-15(2)9-7(16(18)19)8(14-10)12-5-13-9/h5H,3-4,10H2,1-2H3,(H,11,17)(H,12,13,14). The predicted molar refractivity (Wildman–Crippen MR) is 68.5 cm³/mol. The highest BCUT2D eigenvalue weighted by Crippen LogP contribution is 2.30. The highest BCUT2D eigenvalue weighted by molar-refractivity contribution is 5.76. The number of rotatable bonds is 6. The summed E-state index contributed by atoms with van der Waals surface area (Å²) in [5.74, 6) is 5.02. The Labute approximate surface area is 109 Å². The summed E-state index contributed by atoms with van der Waals surface area (Å²) in [5, 5.41) is 13.5. The molecule has 1 amide bonds. The van der Waals surface area contributed by atoms with Gasteiger partial charge in [0.25, 0.3) is 0 Å². The van der Waals surface area contributed by atoms with Gasteiger partial charge >= 0.3 is 5.69 Å². The highest BCUT2D eigenvalue weighted by atomic mass is 16.6. The van der Waals surface area contributed by atoms with Crippen molar-refractivity contribution in [3.05, 3.63) is 16.4 Å². The second kappa shape index (κ2) is 6.44. The first-order valence-electron chi connectivity index (χ1n) is 5.39. The van der Waals surface area contributed by atoms with E-state index in [-0.39, 0.29) is 36.2 Å². The number of carbonyl (C=O) groups is 1. The van der Waals surface area contributed by atoms with Crippen LogP contribution in [0, 0.1) is 10.1 Å². The Kier molecular flexibility index (Phi) is 4.94. The van der Waals surface area contributed by atoms with Crippen LogP contribution in [0.2, 0.25) is 0 Å². The largest absolute Gasteiger partial charge is 0.359 e. The zero-order valence-electron chi connectivity index (χ0n) is 10.6. The van der Waals surface area contributed by atoms with Crippen molar-refractivity contribution in [3.8, 4) is 0 Å². The Bertz CT molecular complexity index is 479. The van der Waals surface area contributed by atoms with Gasteiger partial charge in [0.05, 0.1) is 4.92 Å². The van der Waals surface area contributed by atoms with E-state index >= 15 is 0 Å². The van der Waals surface area contributed by atoms with Crippen molar-refractivity contribution in [3.63, 3.8) is 0 Å². The van der Waals surface area contributed by atoms with Gasteiger partial charge in [-0.15, -0.1) is 0 Å². The SMILES string of the molecule is CNC(=O)CCN(C)c1ncnc(NN)c1[N+](=O)[O-]. The Morgan fingerprint density at radius 3 is 2.79 bits per heavy atom. The topological polar surface area (TPSA) is 139 Å². The number of nitrogens with one attached hydrogen (secondary N) is 2. The fraction of sp³-hybridized carbons (Fsp3) is 0.444. The van der Waals surface area contributed by atoms with Crippen LogP contribution in [0.5, 0.6) is 0 Å². The van der Waals surface area contributed by atoms with E-state index in [2.05, 4.69) is 20.7 Å². The van der Waals surface area contributed by atoms with E-state index in [0.717, 1.165) is 6.33 Å². The molecule has 1 rings (SSSR count). The maximum Gasteiger partial charge on any atom is 0.354 e. The van der Waals surface area contributed by atoms with E-state index < -0.39 is 4.92 Å². The van der Waals surface area contributed by atoms with Crippen LogP contribution in [0.25, 0.3) is 0 Å². The predicted octanol–water partition coefficient (Wildman–Crippen LogP) is -0.757. The lowest BCUT2D eigenvalue weighted by Gasteiger charge is -2.17. The van der Waals surface area contributed by atoms with Crippen molar-refractivity contribution in [2.75, 3.05) is 31.0 Å². The minimum Gasteiger partial charge on any atom is -0.359 e. The average Bonchev–Trinajstić information content (AvgIpc) is 2.42. The van der Waals surface area contributed by atoms with Gasteiger partial charge in [-0.25, -0.2) is 15.8 Å². The quantitative estimate of drug-likeness (QED) is 0.348. The highest BCUT2D eigenvalue weighted by Gasteiger charge is 2.25. The molecule has 1 aromatic rings. The molecule has 19 heavy (non-hydrogen) atoms. The van der Waals surface area contributed by atoms with Crippen LogP contribution < -0.4 is 21.5 Å². The summed E-state index contributed by atoms with van der Waals surface area (Å²) in [6.45, 7) is 0.279. The van der Waals surface area contributed by atoms with E-state index in [1.54, 1.807) is 7.05 Å². The van der Waals surface area contributed by atoms with E-state index in [0.29, 0.717) is 0 Å². The summed E-state index contributed by atoms with van der Waals surface area (Å²) < 4.78 is 0. The van der Waals surface area contributed by atoms with E-state index in [1.165, 1.54) is 11.9 Å². The molecule has 104 valence electrons. The minimum absolute atomic E-state index is 0.0817. The van der Waals surface area contributed by atoms with E-state index in [1.807, 2.05) is 0 Å². The van der Waals surface area contributed by atoms with Gasteiger partial charge in [0, 0.05) is 27.1 Å². The third-order valence-corrected chi connectivity index (χ3v) is 2.44. The molecular formula is C9H15N7O3. The second-order valence-corrected chi connectivity index (χ2v) is 3.64. The number of hydrogen-bond acceptors (Lipinski definition) is 8. The summed E-state index contributed by atoms with van der Waals surface area (Å²) in [6.07, 6.45) is 1.35.